The molecule has 4 nitrogen and oxygen atoms in total. The first-order valence-electron chi connectivity index (χ1n) is 4.59. The highest BCUT2D eigenvalue weighted by Gasteiger charge is 2.17. The zero-order valence-corrected chi connectivity index (χ0v) is 10.3. The number of halogens is 2. The summed E-state index contributed by atoms with van der Waals surface area (Å²) in [5.74, 6) is -1.97. The maximum Gasteiger partial charge on any atom is 0.354 e. The van der Waals surface area contributed by atoms with Gasteiger partial charge in [-0.15, -0.1) is 0 Å². The van der Waals surface area contributed by atoms with E-state index in [1.165, 1.54) is 0 Å². The average Bonchev–Trinajstić information content (AvgIpc) is 2.25. The molecule has 1 amide bonds. The summed E-state index contributed by atoms with van der Waals surface area (Å²) in [5.41, 5.74) is 0.544. The fourth-order valence-electron chi connectivity index (χ4n) is 1.19. The molecule has 0 aliphatic heterocycles. The molecule has 2 N–H and O–H groups in total. The summed E-state index contributed by atoms with van der Waals surface area (Å²) in [5, 5.41) is 10.9. The van der Waals surface area contributed by atoms with Crippen molar-refractivity contribution in [2.24, 2.45) is 0 Å². The summed E-state index contributed by atoms with van der Waals surface area (Å²) in [6, 6.07) is 6.76. The zero-order valence-electron chi connectivity index (χ0n) is 8.83. The van der Waals surface area contributed by atoms with Crippen LogP contribution in [-0.2, 0) is 4.79 Å². The predicted molar refractivity (Wildman–Crippen MR) is 65.0 cm³/mol. The molecule has 1 aromatic rings. The number of carboxylic acids is 1. The third kappa shape index (κ3) is 3.47. The van der Waals surface area contributed by atoms with Crippen molar-refractivity contribution >= 4 is 35.1 Å². The molecule has 0 radical (unpaired) electrons. The minimum atomic E-state index is -1.40. The Morgan fingerprint density at radius 1 is 1.24 bits per heavy atom. The molecule has 0 saturated heterocycles. The summed E-state index contributed by atoms with van der Waals surface area (Å²) in [6.45, 7) is 1.74. The van der Waals surface area contributed by atoms with E-state index in [0.29, 0.717) is 5.56 Å². The van der Waals surface area contributed by atoms with Crippen LogP contribution in [0.4, 0.5) is 0 Å². The molecule has 0 heterocycles. The zero-order chi connectivity index (χ0) is 13.0. The number of hydrogen-bond acceptors (Lipinski definition) is 2. The SMILES string of the molecule is Cc1ccccc1C(=O)NC(C(=O)O)=C(Cl)Cl. The fourth-order valence-corrected chi connectivity index (χ4v) is 1.45. The number of aliphatic carboxylic acids is 1. The summed E-state index contributed by atoms with van der Waals surface area (Å²) in [7, 11) is 0. The van der Waals surface area contributed by atoms with Crippen molar-refractivity contribution in [1.29, 1.82) is 0 Å². The number of aryl methyl sites for hydroxylation is 1. The molecule has 0 unspecified atom stereocenters. The highest BCUT2D eigenvalue weighted by Crippen LogP contribution is 2.14. The van der Waals surface area contributed by atoms with Gasteiger partial charge in [-0.3, -0.25) is 4.79 Å². The van der Waals surface area contributed by atoms with Crippen LogP contribution >= 0.6 is 23.2 Å². The number of carboxylic acid groups (broad SMARTS) is 1. The first-order valence-corrected chi connectivity index (χ1v) is 5.34. The summed E-state index contributed by atoms with van der Waals surface area (Å²) < 4.78 is -0.501. The molecule has 0 bridgehead atoms. The molecule has 0 atom stereocenters. The number of carbonyl (C=O) groups is 2. The molecular weight excluding hydrogens is 265 g/mol. The van der Waals surface area contributed by atoms with Crippen LogP contribution in [0.25, 0.3) is 0 Å². The quantitative estimate of drug-likeness (QED) is 0.832. The Bertz CT molecular complexity index is 493. The van der Waals surface area contributed by atoms with E-state index in [1.807, 2.05) is 0 Å². The van der Waals surface area contributed by atoms with Crippen molar-refractivity contribution < 1.29 is 14.7 Å². The van der Waals surface area contributed by atoms with Gasteiger partial charge in [0, 0.05) is 5.56 Å². The van der Waals surface area contributed by atoms with E-state index in [0.717, 1.165) is 5.56 Å². The third-order valence-corrected chi connectivity index (χ3v) is 2.41. The van der Waals surface area contributed by atoms with Gasteiger partial charge in [0.05, 0.1) is 0 Å². The summed E-state index contributed by atoms with van der Waals surface area (Å²) in [6.07, 6.45) is 0. The van der Waals surface area contributed by atoms with Gasteiger partial charge >= 0.3 is 5.97 Å². The van der Waals surface area contributed by atoms with Crippen molar-refractivity contribution in [3.8, 4) is 0 Å². The number of nitrogens with one attached hydrogen (secondary N) is 1. The number of benzene rings is 1. The van der Waals surface area contributed by atoms with Crippen molar-refractivity contribution in [2.75, 3.05) is 0 Å². The van der Waals surface area contributed by atoms with Crippen LogP contribution < -0.4 is 5.32 Å². The van der Waals surface area contributed by atoms with Gasteiger partial charge in [0.15, 0.2) is 5.70 Å². The second-order valence-corrected chi connectivity index (χ2v) is 4.16. The number of hydrogen-bond donors (Lipinski definition) is 2. The minimum Gasteiger partial charge on any atom is -0.477 e. The molecule has 0 fully saturated rings. The number of amides is 1. The third-order valence-electron chi connectivity index (χ3n) is 2.03. The van der Waals surface area contributed by atoms with E-state index < -0.39 is 22.1 Å². The first kappa shape index (κ1) is 13.5. The lowest BCUT2D eigenvalue weighted by atomic mass is 10.1. The van der Waals surface area contributed by atoms with Gasteiger partial charge in [0.1, 0.15) is 4.49 Å². The monoisotopic (exact) mass is 273 g/mol. The van der Waals surface area contributed by atoms with Crippen molar-refractivity contribution in [2.45, 2.75) is 6.92 Å². The summed E-state index contributed by atoms with van der Waals surface area (Å²) in [4.78, 5) is 22.5. The van der Waals surface area contributed by atoms with Gasteiger partial charge in [-0.1, -0.05) is 41.4 Å². The lowest BCUT2D eigenvalue weighted by Gasteiger charge is -2.07. The summed E-state index contributed by atoms with van der Waals surface area (Å²) >= 11 is 10.7. The molecule has 1 rings (SSSR count). The molecule has 0 spiro atoms. The molecular formula is C11H9Cl2NO3. The van der Waals surface area contributed by atoms with Crippen LogP contribution in [0.1, 0.15) is 15.9 Å². The Labute approximate surface area is 108 Å². The second kappa shape index (κ2) is 5.70. The fraction of sp³-hybridized carbons (Fsp3) is 0.0909. The highest BCUT2D eigenvalue weighted by molar-refractivity contribution is 6.57. The predicted octanol–water partition coefficient (Wildman–Crippen LogP) is 2.46. The van der Waals surface area contributed by atoms with Gasteiger partial charge in [-0.05, 0) is 18.6 Å². The van der Waals surface area contributed by atoms with Crippen LogP contribution in [-0.4, -0.2) is 17.0 Å². The normalized spacial score (nSPS) is 9.59. The Kier molecular flexibility index (Phi) is 4.54. The smallest absolute Gasteiger partial charge is 0.354 e. The van der Waals surface area contributed by atoms with E-state index in [1.54, 1.807) is 31.2 Å². The van der Waals surface area contributed by atoms with Crippen molar-refractivity contribution in [3.05, 3.63) is 45.6 Å². The Balaban J connectivity index is 2.98. The highest BCUT2D eigenvalue weighted by atomic mass is 35.5. The lowest BCUT2D eigenvalue weighted by Crippen LogP contribution is -2.28. The first-order chi connectivity index (χ1) is 7.93. The minimum absolute atomic E-state index is 0.362. The van der Waals surface area contributed by atoms with Gasteiger partial charge in [-0.2, -0.15) is 0 Å². The standard InChI is InChI=1S/C11H9Cl2NO3/c1-6-4-2-3-5-7(6)10(15)14-8(9(12)13)11(16)17/h2-5H,1H3,(H,14,15)(H,16,17). The van der Waals surface area contributed by atoms with E-state index in [2.05, 4.69) is 5.32 Å². The molecule has 0 aliphatic rings. The molecule has 1 aromatic carbocycles. The Morgan fingerprint density at radius 3 is 2.29 bits per heavy atom. The van der Waals surface area contributed by atoms with E-state index in [9.17, 15) is 9.59 Å². The topological polar surface area (TPSA) is 66.4 Å². The van der Waals surface area contributed by atoms with Crippen molar-refractivity contribution in [3.63, 3.8) is 0 Å². The number of carbonyl (C=O) groups excluding carboxylic acids is 1. The van der Waals surface area contributed by atoms with Crippen LogP contribution in [0.5, 0.6) is 0 Å². The van der Waals surface area contributed by atoms with E-state index in [-0.39, 0.29) is 0 Å². The van der Waals surface area contributed by atoms with Gasteiger partial charge in [0.25, 0.3) is 5.91 Å². The van der Waals surface area contributed by atoms with Gasteiger partial charge in [0.2, 0.25) is 0 Å². The van der Waals surface area contributed by atoms with Gasteiger partial charge < -0.3 is 10.4 Å². The maximum absolute atomic E-state index is 11.8. The maximum atomic E-state index is 11.8. The molecule has 90 valence electrons. The molecule has 6 heteroatoms. The molecule has 0 aromatic heterocycles. The molecule has 0 aliphatic carbocycles. The molecule has 0 saturated carbocycles. The van der Waals surface area contributed by atoms with Gasteiger partial charge in [-0.25, -0.2) is 4.79 Å². The Morgan fingerprint density at radius 2 is 1.82 bits per heavy atom. The lowest BCUT2D eigenvalue weighted by molar-refractivity contribution is -0.133. The van der Waals surface area contributed by atoms with E-state index in [4.69, 9.17) is 28.3 Å². The number of rotatable bonds is 3. The van der Waals surface area contributed by atoms with Crippen LogP contribution in [0.15, 0.2) is 34.5 Å². The average molecular weight is 274 g/mol. The van der Waals surface area contributed by atoms with Crippen LogP contribution in [0, 0.1) is 6.92 Å². The molecule has 17 heavy (non-hydrogen) atoms. The second-order valence-electron chi connectivity index (χ2n) is 3.21. The van der Waals surface area contributed by atoms with Crippen LogP contribution in [0.3, 0.4) is 0 Å². The van der Waals surface area contributed by atoms with Crippen LogP contribution in [0.2, 0.25) is 0 Å². The Hall–Kier alpha value is -1.52. The van der Waals surface area contributed by atoms with E-state index >= 15 is 0 Å². The largest absolute Gasteiger partial charge is 0.477 e. The van der Waals surface area contributed by atoms with Crippen molar-refractivity contribution in [1.82, 2.24) is 5.32 Å².